The molecule has 0 saturated heterocycles. The molecule has 1 aromatic rings. The van der Waals surface area contributed by atoms with Crippen LogP contribution in [-0.2, 0) is 0 Å². The van der Waals surface area contributed by atoms with Gasteiger partial charge in [0.2, 0.25) is 0 Å². The van der Waals surface area contributed by atoms with Crippen molar-refractivity contribution in [1.29, 1.82) is 0 Å². The summed E-state index contributed by atoms with van der Waals surface area (Å²) in [7, 11) is 0. The van der Waals surface area contributed by atoms with E-state index in [1.165, 1.54) is 0 Å². The van der Waals surface area contributed by atoms with E-state index >= 15 is 0 Å². The van der Waals surface area contributed by atoms with Gasteiger partial charge in [-0.05, 0) is 37.7 Å². The van der Waals surface area contributed by atoms with Crippen molar-refractivity contribution in [3.8, 4) is 0 Å². The number of rotatable bonds is 4. The van der Waals surface area contributed by atoms with Gasteiger partial charge in [-0.1, -0.05) is 20.8 Å². The van der Waals surface area contributed by atoms with Crippen molar-refractivity contribution in [2.24, 2.45) is 11.3 Å². The summed E-state index contributed by atoms with van der Waals surface area (Å²) >= 11 is 0. The zero-order chi connectivity index (χ0) is 13.5. The summed E-state index contributed by atoms with van der Waals surface area (Å²) < 4.78 is 1.81. The van der Waals surface area contributed by atoms with E-state index in [1.807, 2.05) is 24.7 Å². The molecule has 2 atom stereocenters. The van der Waals surface area contributed by atoms with Crippen LogP contribution in [0.5, 0.6) is 0 Å². The number of nitrogens with one attached hydrogen (secondary N) is 1. The SMILES string of the molecule is CC(C)n1ccc(C(=O)N[C@@H]2C[C@@]2(C)C(C)C)n1. The zero-order valence-corrected chi connectivity index (χ0v) is 11.9. The van der Waals surface area contributed by atoms with Crippen LogP contribution >= 0.6 is 0 Å². The average molecular weight is 249 g/mol. The maximum Gasteiger partial charge on any atom is 0.272 e. The van der Waals surface area contributed by atoms with E-state index in [1.54, 1.807) is 6.07 Å². The molecule has 4 heteroatoms. The Morgan fingerprint density at radius 1 is 1.50 bits per heavy atom. The molecule has 1 fully saturated rings. The largest absolute Gasteiger partial charge is 0.347 e. The minimum absolute atomic E-state index is 0.0521. The van der Waals surface area contributed by atoms with Gasteiger partial charge in [0, 0.05) is 18.3 Å². The van der Waals surface area contributed by atoms with Crippen molar-refractivity contribution in [3.05, 3.63) is 18.0 Å². The first-order chi connectivity index (χ1) is 8.34. The van der Waals surface area contributed by atoms with Gasteiger partial charge in [0.05, 0.1) is 0 Å². The van der Waals surface area contributed by atoms with E-state index < -0.39 is 0 Å². The minimum atomic E-state index is -0.0521. The van der Waals surface area contributed by atoms with Crippen LogP contribution in [0.4, 0.5) is 0 Å². The molecule has 100 valence electrons. The summed E-state index contributed by atoms with van der Waals surface area (Å²) in [6.45, 7) is 10.7. The number of nitrogens with zero attached hydrogens (tertiary/aromatic N) is 2. The van der Waals surface area contributed by atoms with Gasteiger partial charge in [-0.2, -0.15) is 5.10 Å². The van der Waals surface area contributed by atoms with E-state index in [-0.39, 0.29) is 17.4 Å². The summed E-state index contributed by atoms with van der Waals surface area (Å²) in [6.07, 6.45) is 2.93. The van der Waals surface area contributed by atoms with Gasteiger partial charge in [0.25, 0.3) is 5.91 Å². The smallest absolute Gasteiger partial charge is 0.272 e. The van der Waals surface area contributed by atoms with E-state index in [2.05, 4.69) is 31.2 Å². The van der Waals surface area contributed by atoms with Gasteiger partial charge in [0.15, 0.2) is 0 Å². The number of amides is 1. The third kappa shape index (κ3) is 2.28. The molecule has 0 aliphatic heterocycles. The summed E-state index contributed by atoms with van der Waals surface area (Å²) in [5.41, 5.74) is 0.776. The topological polar surface area (TPSA) is 46.9 Å². The lowest BCUT2D eigenvalue weighted by Crippen LogP contribution is -2.30. The fourth-order valence-corrected chi connectivity index (χ4v) is 2.21. The molecule has 0 spiro atoms. The molecule has 1 saturated carbocycles. The third-order valence-corrected chi connectivity index (χ3v) is 4.27. The van der Waals surface area contributed by atoms with Gasteiger partial charge < -0.3 is 5.32 Å². The number of carbonyl (C=O) groups excluding carboxylic acids is 1. The first kappa shape index (κ1) is 13.1. The Labute approximate surface area is 109 Å². The highest BCUT2D eigenvalue weighted by atomic mass is 16.2. The molecule has 0 unspecified atom stereocenters. The molecular weight excluding hydrogens is 226 g/mol. The third-order valence-electron chi connectivity index (χ3n) is 4.27. The van der Waals surface area contributed by atoms with Crippen molar-refractivity contribution in [1.82, 2.24) is 15.1 Å². The number of hydrogen-bond donors (Lipinski definition) is 1. The van der Waals surface area contributed by atoms with Crippen LogP contribution in [0, 0.1) is 11.3 Å². The van der Waals surface area contributed by atoms with Gasteiger partial charge in [-0.3, -0.25) is 9.48 Å². The number of hydrogen-bond acceptors (Lipinski definition) is 2. The highest BCUT2D eigenvalue weighted by Gasteiger charge is 2.52. The van der Waals surface area contributed by atoms with Crippen molar-refractivity contribution in [2.45, 2.75) is 53.1 Å². The summed E-state index contributed by atoms with van der Waals surface area (Å²) in [5.74, 6) is 0.541. The van der Waals surface area contributed by atoms with E-state index in [0.29, 0.717) is 17.7 Å². The first-order valence-electron chi connectivity index (χ1n) is 6.70. The number of aromatic nitrogens is 2. The Balaban J connectivity index is 1.97. The molecule has 1 amide bonds. The molecule has 4 nitrogen and oxygen atoms in total. The molecule has 1 aromatic heterocycles. The van der Waals surface area contributed by atoms with Gasteiger partial charge in [0.1, 0.15) is 5.69 Å². The predicted molar refractivity (Wildman–Crippen MR) is 71.4 cm³/mol. The van der Waals surface area contributed by atoms with Crippen LogP contribution in [-0.4, -0.2) is 21.7 Å². The molecular formula is C14H23N3O. The minimum Gasteiger partial charge on any atom is -0.347 e. The van der Waals surface area contributed by atoms with Crippen LogP contribution in [0.3, 0.4) is 0 Å². The highest BCUT2D eigenvalue weighted by molar-refractivity contribution is 5.92. The average Bonchev–Trinajstić information content (AvgIpc) is 2.79. The second-order valence-corrected chi connectivity index (χ2v) is 6.17. The molecule has 0 bridgehead atoms. The van der Waals surface area contributed by atoms with E-state index in [4.69, 9.17) is 0 Å². The van der Waals surface area contributed by atoms with Gasteiger partial charge in [-0.25, -0.2) is 0 Å². The zero-order valence-electron chi connectivity index (χ0n) is 11.9. The van der Waals surface area contributed by atoms with E-state index in [0.717, 1.165) is 6.42 Å². The van der Waals surface area contributed by atoms with Crippen LogP contribution in [0.25, 0.3) is 0 Å². The van der Waals surface area contributed by atoms with Crippen LogP contribution in [0.1, 0.15) is 57.6 Å². The van der Waals surface area contributed by atoms with E-state index in [9.17, 15) is 4.79 Å². The maximum atomic E-state index is 12.1. The Kier molecular flexibility index (Phi) is 3.21. The molecule has 1 aliphatic rings. The Morgan fingerprint density at radius 2 is 2.17 bits per heavy atom. The Morgan fingerprint density at radius 3 is 2.61 bits per heavy atom. The van der Waals surface area contributed by atoms with Crippen molar-refractivity contribution >= 4 is 5.91 Å². The van der Waals surface area contributed by atoms with Crippen LogP contribution in [0.2, 0.25) is 0 Å². The lowest BCUT2D eigenvalue weighted by atomic mass is 9.94. The lowest BCUT2D eigenvalue weighted by molar-refractivity contribution is 0.0937. The molecule has 18 heavy (non-hydrogen) atoms. The summed E-state index contributed by atoms with van der Waals surface area (Å²) in [6, 6.07) is 2.37. The van der Waals surface area contributed by atoms with Crippen molar-refractivity contribution in [3.63, 3.8) is 0 Å². The van der Waals surface area contributed by atoms with Gasteiger partial charge >= 0.3 is 0 Å². The monoisotopic (exact) mass is 249 g/mol. The highest BCUT2D eigenvalue weighted by Crippen LogP contribution is 2.51. The predicted octanol–water partition coefficient (Wildman–Crippen LogP) is 2.63. The van der Waals surface area contributed by atoms with Gasteiger partial charge in [-0.15, -0.1) is 0 Å². The molecule has 0 aromatic carbocycles. The van der Waals surface area contributed by atoms with Crippen molar-refractivity contribution < 1.29 is 4.79 Å². The van der Waals surface area contributed by atoms with Crippen LogP contribution in [0.15, 0.2) is 12.3 Å². The number of carbonyl (C=O) groups is 1. The molecule has 0 radical (unpaired) electrons. The fourth-order valence-electron chi connectivity index (χ4n) is 2.21. The molecule has 1 aliphatic carbocycles. The first-order valence-corrected chi connectivity index (χ1v) is 6.70. The Bertz CT molecular complexity index is 450. The standard InChI is InChI=1S/C14H23N3O/c1-9(2)14(5)8-12(14)15-13(18)11-6-7-17(16-11)10(3)4/h6-7,9-10,12H,8H2,1-5H3,(H,15,18)/t12-,14+/m1/s1. The molecule has 2 rings (SSSR count). The molecule has 1 N–H and O–H groups in total. The maximum absolute atomic E-state index is 12.1. The van der Waals surface area contributed by atoms with Crippen molar-refractivity contribution in [2.75, 3.05) is 0 Å². The molecule has 1 heterocycles. The fraction of sp³-hybridized carbons (Fsp3) is 0.714. The second-order valence-electron chi connectivity index (χ2n) is 6.17. The second kappa shape index (κ2) is 4.41. The lowest BCUT2D eigenvalue weighted by Gasteiger charge is -2.15. The summed E-state index contributed by atoms with van der Waals surface area (Å²) in [4.78, 5) is 12.1. The Hall–Kier alpha value is -1.32. The quantitative estimate of drug-likeness (QED) is 0.891. The van der Waals surface area contributed by atoms with Crippen LogP contribution < -0.4 is 5.32 Å². The normalized spacial score (nSPS) is 26.7. The summed E-state index contributed by atoms with van der Waals surface area (Å²) in [5, 5.41) is 7.37.